The van der Waals surface area contributed by atoms with Gasteiger partial charge in [0, 0.05) is 24.0 Å². The van der Waals surface area contributed by atoms with Crippen molar-refractivity contribution in [2.75, 3.05) is 11.9 Å². The van der Waals surface area contributed by atoms with E-state index in [1.54, 1.807) is 0 Å². The van der Waals surface area contributed by atoms with Gasteiger partial charge in [-0.2, -0.15) is 0 Å². The summed E-state index contributed by atoms with van der Waals surface area (Å²) in [7, 11) is 0. The minimum atomic E-state index is 0.178. The lowest BCUT2D eigenvalue weighted by Crippen LogP contribution is -2.67. The average molecular weight is 281 g/mol. The van der Waals surface area contributed by atoms with Gasteiger partial charge in [-0.05, 0) is 31.9 Å². The lowest BCUT2D eigenvalue weighted by molar-refractivity contribution is -0.177. The van der Waals surface area contributed by atoms with Gasteiger partial charge < -0.3 is 10.1 Å². The van der Waals surface area contributed by atoms with Crippen molar-refractivity contribution in [3.8, 4) is 0 Å². The van der Waals surface area contributed by atoms with Crippen LogP contribution in [-0.4, -0.2) is 23.7 Å². The number of aromatic nitrogens is 1. The first-order valence-electron chi connectivity index (χ1n) is 7.01. The van der Waals surface area contributed by atoms with E-state index in [9.17, 15) is 0 Å². The van der Waals surface area contributed by atoms with E-state index in [-0.39, 0.29) is 5.41 Å². The molecule has 1 N–H and O–H groups in total. The van der Waals surface area contributed by atoms with Gasteiger partial charge in [0.1, 0.15) is 5.15 Å². The van der Waals surface area contributed by atoms with Crippen molar-refractivity contribution in [1.29, 1.82) is 0 Å². The lowest BCUT2D eigenvalue weighted by atomic mass is 9.55. The van der Waals surface area contributed by atoms with Crippen LogP contribution in [0.15, 0.2) is 12.1 Å². The summed E-state index contributed by atoms with van der Waals surface area (Å²) in [5.74, 6) is 0.624. The smallest absolute Gasteiger partial charge is 0.129 e. The van der Waals surface area contributed by atoms with Crippen molar-refractivity contribution in [2.45, 2.75) is 45.8 Å². The average Bonchev–Trinajstić information content (AvgIpc) is 2.37. The van der Waals surface area contributed by atoms with E-state index in [4.69, 9.17) is 16.3 Å². The van der Waals surface area contributed by atoms with Crippen molar-refractivity contribution in [3.63, 3.8) is 0 Å². The first kappa shape index (κ1) is 13.2. The molecular weight excluding hydrogens is 260 g/mol. The Labute approximate surface area is 119 Å². The highest BCUT2D eigenvalue weighted by Crippen LogP contribution is 2.52. The van der Waals surface area contributed by atoms with Crippen LogP contribution in [0.3, 0.4) is 0 Å². The second-order valence-corrected chi connectivity index (χ2v) is 6.70. The molecule has 0 radical (unpaired) electrons. The lowest BCUT2D eigenvalue weighted by Gasteiger charge is -2.60. The molecule has 0 amide bonds. The van der Waals surface area contributed by atoms with Gasteiger partial charge in [0.25, 0.3) is 0 Å². The van der Waals surface area contributed by atoms with Crippen LogP contribution in [0, 0.1) is 18.3 Å². The van der Waals surface area contributed by atoms with Crippen LogP contribution < -0.4 is 5.32 Å². The molecule has 1 saturated heterocycles. The van der Waals surface area contributed by atoms with Crippen LogP contribution >= 0.6 is 11.6 Å². The van der Waals surface area contributed by atoms with Crippen LogP contribution in [0.1, 0.15) is 32.4 Å². The summed E-state index contributed by atoms with van der Waals surface area (Å²) >= 11 is 5.91. The molecule has 2 fully saturated rings. The number of nitrogens with zero attached hydrogens (tertiary/aromatic N) is 1. The number of anilines is 1. The molecule has 1 aliphatic heterocycles. The summed E-state index contributed by atoms with van der Waals surface area (Å²) in [5.41, 5.74) is 2.23. The van der Waals surface area contributed by atoms with Gasteiger partial charge in [-0.3, -0.25) is 0 Å². The van der Waals surface area contributed by atoms with E-state index in [0.29, 0.717) is 23.2 Å². The summed E-state index contributed by atoms with van der Waals surface area (Å²) in [4.78, 5) is 4.31. The van der Waals surface area contributed by atoms with Crippen molar-refractivity contribution in [3.05, 3.63) is 23.0 Å². The highest BCUT2D eigenvalue weighted by atomic mass is 35.5. The van der Waals surface area contributed by atoms with Gasteiger partial charge in [-0.15, -0.1) is 0 Å². The molecule has 3 nitrogen and oxygen atoms in total. The molecule has 4 heteroatoms. The van der Waals surface area contributed by atoms with Gasteiger partial charge in [0.15, 0.2) is 0 Å². The maximum Gasteiger partial charge on any atom is 0.129 e. The van der Waals surface area contributed by atoms with Crippen molar-refractivity contribution >= 4 is 17.3 Å². The monoisotopic (exact) mass is 280 g/mol. The first-order valence-corrected chi connectivity index (χ1v) is 7.39. The fraction of sp³-hybridized carbons (Fsp3) is 0.667. The molecule has 3 atom stereocenters. The molecule has 0 aromatic carbocycles. The second-order valence-electron chi connectivity index (χ2n) is 6.31. The van der Waals surface area contributed by atoms with Gasteiger partial charge in [-0.1, -0.05) is 25.4 Å². The molecule has 1 aromatic heterocycles. The molecule has 1 aromatic rings. The quantitative estimate of drug-likeness (QED) is 0.840. The molecule has 19 heavy (non-hydrogen) atoms. The van der Waals surface area contributed by atoms with Crippen molar-refractivity contribution < 1.29 is 4.74 Å². The Morgan fingerprint density at radius 3 is 2.95 bits per heavy atom. The largest absolute Gasteiger partial charge is 0.380 e. The maximum absolute atomic E-state index is 5.93. The van der Waals surface area contributed by atoms with E-state index in [0.717, 1.165) is 18.0 Å². The molecule has 0 bridgehead atoms. The standard InChI is InChI=1S/C15H21ClN2O/c1-9-11(6-7-12(16)17-9)18-13-10-5-4-8-19-14(10)15(13,2)3/h6-7,10,13-14,18H,4-5,8H2,1-3H3. The van der Waals surface area contributed by atoms with Crippen molar-refractivity contribution in [2.24, 2.45) is 11.3 Å². The van der Waals surface area contributed by atoms with Gasteiger partial charge in [0.05, 0.1) is 17.5 Å². The zero-order valence-electron chi connectivity index (χ0n) is 11.7. The number of fused-ring (bicyclic) bond motifs is 1. The predicted molar refractivity (Wildman–Crippen MR) is 77.6 cm³/mol. The molecule has 1 aliphatic carbocycles. The normalized spacial score (nSPS) is 32.3. The third-order valence-corrected chi connectivity index (χ3v) is 4.90. The molecule has 2 heterocycles. The third kappa shape index (κ3) is 2.13. The summed E-state index contributed by atoms with van der Waals surface area (Å²) in [6.07, 6.45) is 2.83. The minimum absolute atomic E-state index is 0.178. The number of halogens is 1. The highest BCUT2D eigenvalue weighted by molar-refractivity contribution is 6.29. The second kappa shape index (κ2) is 4.64. The third-order valence-electron chi connectivity index (χ3n) is 4.69. The van der Waals surface area contributed by atoms with Crippen LogP contribution in [-0.2, 0) is 4.74 Å². The molecule has 0 spiro atoms. The molecule has 3 rings (SSSR count). The van der Waals surface area contributed by atoms with Crippen LogP contribution in [0.4, 0.5) is 5.69 Å². The Balaban J connectivity index is 1.79. The fourth-order valence-corrected chi connectivity index (χ4v) is 3.86. The van der Waals surface area contributed by atoms with E-state index in [1.807, 2.05) is 19.1 Å². The number of aryl methyl sites for hydroxylation is 1. The molecule has 1 saturated carbocycles. The number of nitrogens with one attached hydrogen (secondary N) is 1. The highest BCUT2D eigenvalue weighted by Gasteiger charge is 2.57. The van der Waals surface area contributed by atoms with E-state index in [1.165, 1.54) is 12.8 Å². The number of pyridine rings is 1. The van der Waals surface area contributed by atoms with E-state index < -0.39 is 0 Å². The fourth-order valence-electron chi connectivity index (χ4n) is 3.67. The Kier molecular flexibility index (Phi) is 3.22. The number of rotatable bonds is 2. The molecule has 2 aliphatic rings. The minimum Gasteiger partial charge on any atom is -0.380 e. The number of ether oxygens (including phenoxy) is 1. The zero-order valence-corrected chi connectivity index (χ0v) is 12.5. The van der Waals surface area contributed by atoms with Crippen LogP contribution in [0.25, 0.3) is 0 Å². The van der Waals surface area contributed by atoms with Crippen molar-refractivity contribution in [1.82, 2.24) is 4.98 Å². The Bertz CT molecular complexity index is 489. The van der Waals surface area contributed by atoms with E-state index >= 15 is 0 Å². The predicted octanol–water partition coefficient (Wildman–Crippen LogP) is 3.66. The summed E-state index contributed by atoms with van der Waals surface area (Å²) < 4.78 is 5.93. The van der Waals surface area contributed by atoms with Crippen LogP contribution in [0.5, 0.6) is 0 Å². The summed E-state index contributed by atoms with van der Waals surface area (Å²) in [6, 6.07) is 4.33. The zero-order chi connectivity index (χ0) is 13.6. The SMILES string of the molecule is Cc1nc(Cl)ccc1NC1C2CCCOC2C1(C)C. The van der Waals surface area contributed by atoms with Gasteiger partial charge >= 0.3 is 0 Å². The summed E-state index contributed by atoms with van der Waals surface area (Å²) in [6.45, 7) is 7.49. The van der Waals surface area contributed by atoms with Crippen LogP contribution in [0.2, 0.25) is 5.15 Å². The maximum atomic E-state index is 5.93. The Hall–Kier alpha value is -0.800. The Morgan fingerprint density at radius 2 is 2.21 bits per heavy atom. The first-order chi connectivity index (χ1) is 9.00. The van der Waals surface area contributed by atoms with Gasteiger partial charge in [-0.25, -0.2) is 4.98 Å². The summed E-state index contributed by atoms with van der Waals surface area (Å²) in [5, 5.41) is 4.21. The Morgan fingerprint density at radius 1 is 1.42 bits per heavy atom. The topological polar surface area (TPSA) is 34.2 Å². The van der Waals surface area contributed by atoms with E-state index in [2.05, 4.69) is 24.1 Å². The molecule has 104 valence electrons. The van der Waals surface area contributed by atoms with Gasteiger partial charge in [0.2, 0.25) is 0 Å². The number of hydrogen-bond acceptors (Lipinski definition) is 3. The molecule has 3 unspecified atom stereocenters. The number of hydrogen-bond donors (Lipinski definition) is 1. The molecular formula is C15H21ClN2O.